The van der Waals surface area contributed by atoms with E-state index in [0.29, 0.717) is 23.6 Å². The molecule has 3 aromatic rings. The number of rotatable bonds is 7. The summed E-state index contributed by atoms with van der Waals surface area (Å²) in [6.07, 6.45) is 7.63. The van der Waals surface area contributed by atoms with Gasteiger partial charge in [-0.05, 0) is 75.0 Å². The van der Waals surface area contributed by atoms with E-state index in [4.69, 9.17) is 0 Å². The molecule has 0 aliphatic carbocycles. The number of benzene rings is 2. The Morgan fingerprint density at radius 2 is 1.44 bits per heavy atom. The van der Waals surface area contributed by atoms with Crippen LogP contribution in [0.15, 0.2) is 54.7 Å². The number of carbonyl (C=O) groups excluding carboxylic acids is 2. The molecule has 0 radical (unpaired) electrons. The fraction of sp³-hybridized carbons (Fsp3) is 0.385. The van der Waals surface area contributed by atoms with Crippen LogP contribution in [0.3, 0.4) is 0 Å². The van der Waals surface area contributed by atoms with Crippen LogP contribution in [-0.2, 0) is 0 Å². The van der Waals surface area contributed by atoms with Crippen molar-refractivity contribution in [2.75, 3.05) is 26.2 Å². The van der Waals surface area contributed by atoms with Crippen molar-refractivity contribution in [3.05, 3.63) is 71.4 Å². The monoisotopic (exact) mass is 451 g/mol. The Morgan fingerprint density at radius 3 is 2.16 bits per heavy atom. The lowest BCUT2D eigenvalue weighted by Gasteiger charge is -2.32. The van der Waals surface area contributed by atoms with E-state index in [2.05, 4.69) is 40.3 Å². The molecule has 32 heavy (non-hydrogen) atoms. The van der Waals surface area contributed by atoms with Crippen molar-refractivity contribution in [3.8, 4) is 0 Å². The molecule has 0 bridgehead atoms. The van der Waals surface area contributed by atoms with Crippen LogP contribution in [0.25, 0.3) is 10.9 Å². The van der Waals surface area contributed by atoms with Crippen LogP contribution in [0.4, 0.5) is 0 Å². The smallest absolute Gasteiger partial charge is 0.261 e. The number of H-pyrrole nitrogens is 1. The summed E-state index contributed by atoms with van der Waals surface area (Å²) >= 11 is 0. The number of hydrogen-bond donors (Lipinski definition) is 1. The zero-order valence-corrected chi connectivity index (χ0v) is 19.1. The number of hydrogen-bond acceptors (Lipinski definition) is 3. The highest BCUT2D eigenvalue weighted by Gasteiger charge is 2.34. The maximum Gasteiger partial charge on any atom is 0.261 e. The van der Waals surface area contributed by atoms with Gasteiger partial charge in [-0.15, -0.1) is 12.4 Å². The lowest BCUT2D eigenvalue weighted by atomic mass is 9.89. The zero-order chi connectivity index (χ0) is 21.2. The van der Waals surface area contributed by atoms with Gasteiger partial charge in [0.1, 0.15) is 0 Å². The molecule has 1 aromatic heterocycles. The molecule has 5 nitrogen and oxygen atoms in total. The Kier molecular flexibility index (Phi) is 6.97. The molecule has 0 saturated carbocycles. The number of nitrogens with zero attached hydrogens (tertiary/aromatic N) is 2. The van der Waals surface area contributed by atoms with Crippen LogP contribution in [-0.4, -0.2) is 52.8 Å². The second-order valence-electron chi connectivity index (χ2n) is 8.77. The molecule has 3 heterocycles. The van der Waals surface area contributed by atoms with Gasteiger partial charge in [0.2, 0.25) is 0 Å². The van der Waals surface area contributed by atoms with Crippen molar-refractivity contribution >= 4 is 35.1 Å². The van der Waals surface area contributed by atoms with E-state index in [1.807, 2.05) is 12.1 Å². The predicted molar refractivity (Wildman–Crippen MR) is 130 cm³/mol. The Bertz CT molecular complexity index is 1070. The topological polar surface area (TPSA) is 56.4 Å². The van der Waals surface area contributed by atoms with Gasteiger partial charge in [0.15, 0.2) is 0 Å². The molecular weight excluding hydrogens is 422 g/mol. The number of imide groups is 1. The molecule has 1 saturated heterocycles. The summed E-state index contributed by atoms with van der Waals surface area (Å²) in [4.78, 5) is 32.2. The predicted octanol–water partition coefficient (Wildman–Crippen LogP) is 5.24. The quantitative estimate of drug-likeness (QED) is 0.395. The number of unbranched alkanes of at least 4 members (excludes halogenated alkanes) is 2. The summed E-state index contributed by atoms with van der Waals surface area (Å²) in [5.74, 6) is 0.362. The molecule has 2 aromatic carbocycles. The van der Waals surface area contributed by atoms with E-state index < -0.39 is 0 Å². The first-order chi connectivity index (χ1) is 15.2. The highest BCUT2D eigenvalue weighted by molar-refractivity contribution is 6.21. The summed E-state index contributed by atoms with van der Waals surface area (Å²) in [6.45, 7) is 3.91. The van der Waals surface area contributed by atoms with Gasteiger partial charge in [0, 0.05) is 23.6 Å². The highest BCUT2D eigenvalue weighted by atomic mass is 35.5. The minimum Gasteiger partial charge on any atom is -0.361 e. The Balaban J connectivity index is 0.00000245. The average molecular weight is 452 g/mol. The summed E-state index contributed by atoms with van der Waals surface area (Å²) in [6, 6.07) is 15.7. The number of aromatic nitrogens is 1. The summed E-state index contributed by atoms with van der Waals surface area (Å²) < 4.78 is 0. The van der Waals surface area contributed by atoms with Crippen LogP contribution >= 0.6 is 12.4 Å². The highest BCUT2D eigenvalue weighted by Crippen LogP contribution is 2.33. The van der Waals surface area contributed by atoms with Crippen molar-refractivity contribution in [1.82, 2.24) is 14.8 Å². The van der Waals surface area contributed by atoms with Crippen LogP contribution in [0.2, 0.25) is 0 Å². The molecule has 2 amide bonds. The van der Waals surface area contributed by atoms with Gasteiger partial charge in [-0.2, -0.15) is 0 Å². The number of amides is 2. The maximum atomic E-state index is 12.4. The van der Waals surface area contributed by atoms with Crippen LogP contribution in [0.5, 0.6) is 0 Å². The van der Waals surface area contributed by atoms with Gasteiger partial charge in [-0.25, -0.2) is 0 Å². The van der Waals surface area contributed by atoms with Crippen molar-refractivity contribution in [2.24, 2.45) is 0 Å². The van der Waals surface area contributed by atoms with Crippen LogP contribution in [0, 0.1) is 0 Å². The van der Waals surface area contributed by atoms with Gasteiger partial charge in [-0.3, -0.25) is 14.5 Å². The second kappa shape index (κ2) is 9.88. The first-order valence-electron chi connectivity index (χ1n) is 11.5. The van der Waals surface area contributed by atoms with Gasteiger partial charge >= 0.3 is 0 Å². The Labute approximate surface area is 195 Å². The molecule has 5 rings (SSSR count). The minimum atomic E-state index is -0.139. The third-order valence-corrected chi connectivity index (χ3v) is 6.88. The first kappa shape index (κ1) is 22.6. The van der Waals surface area contributed by atoms with Crippen LogP contribution in [0.1, 0.15) is 64.3 Å². The number of aromatic amines is 1. The zero-order valence-electron chi connectivity index (χ0n) is 18.3. The molecule has 6 heteroatoms. The maximum absolute atomic E-state index is 12.4. The summed E-state index contributed by atoms with van der Waals surface area (Å²) in [5, 5.41) is 1.37. The van der Waals surface area contributed by atoms with E-state index >= 15 is 0 Å². The number of piperidine rings is 1. The van der Waals surface area contributed by atoms with Crippen molar-refractivity contribution in [1.29, 1.82) is 0 Å². The normalized spacial score (nSPS) is 17.1. The van der Waals surface area contributed by atoms with E-state index in [1.54, 1.807) is 12.1 Å². The first-order valence-corrected chi connectivity index (χ1v) is 11.5. The van der Waals surface area contributed by atoms with Gasteiger partial charge in [0.05, 0.1) is 11.1 Å². The number of para-hydroxylation sites is 1. The molecule has 1 N–H and O–H groups in total. The molecule has 2 aliphatic heterocycles. The second-order valence-corrected chi connectivity index (χ2v) is 8.77. The number of fused-ring (bicyclic) bond motifs is 2. The van der Waals surface area contributed by atoms with E-state index in [-0.39, 0.29) is 24.2 Å². The summed E-state index contributed by atoms with van der Waals surface area (Å²) in [7, 11) is 0. The standard InChI is InChI=1S/C26H29N3O2.ClH/c30-25-21-9-2-3-10-22(21)26(31)29(25)15-7-1-6-14-28-16-12-19(13-17-28)23-18-27-24-11-5-4-8-20(23)24;/h2-5,8-11,18-19,27H,1,6-7,12-17H2;1H. The van der Waals surface area contributed by atoms with Crippen molar-refractivity contribution in [3.63, 3.8) is 0 Å². The van der Waals surface area contributed by atoms with Crippen molar-refractivity contribution < 1.29 is 9.59 Å². The number of likely N-dealkylation sites (tertiary alicyclic amines) is 1. The van der Waals surface area contributed by atoms with Gasteiger partial charge in [-0.1, -0.05) is 36.8 Å². The molecule has 0 spiro atoms. The number of nitrogens with one attached hydrogen (secondary N) is 1. The minimum absolute atomic E-state index is 0. The average Bonchev–Trinajstić information content (AvgIpc) is 3.34. The molecule has 2 aliphatic rings. The fourth-order valence-electron chi connectivity index (χ4n) is 5.12. The fourth-order valence-corrected chi connectivity index (χ4v) is 5.12. The third kappa shape index (κ3) is 4.32. The lowest BCUT2D eigenvalue weighted by Crippen LogP contribution is -2.34. The van der Waals surface area contributed by atoms with Gasteiger partial charge < -0.3 is 9.88 Å². The van der Waals surface area contributed by atoms with Gasteiger partial charge in [0.25, 0.3) is 11.8 Å². The number of carbonyl (C=O) groups is 2. The molecule has 1 fully saturated rings. The molecular formula is C26H30ClN3O2. The Morgan fingerprint density at radius 1 is 0.812 bits per heavy atom. The van der Waals surface area contributed by atoms with Crippen LogP contribution < -0.4 is 0 Å². The SMILES string of the molecule is Cl.O=C1c2ccccc2C(=O)N1CCCCCN1CCC(c2c[nH]c3ccccc23)CC1. The van der Waals surface area contributed by atoms with E-state index in [9.17, 15) is 9.59 Å². The molecule has 0 atom stereocenters. The van der Waals surface area contributed by atoms with Crippen molar-refractivity contribution in [2.45, 2.75) is 38.0 Å². The molecule has 0 unspecified atom stereocenters. The number of halogens is 1. The largest absolute Gasteiger partial charge is 0.361 e. The third-order valence-electron chi connectivity index (χ3n) is 6.88. The molecule has 168 valence electrons. The lowest BCUT2D eigenvalue weighted by molar-refractivity contribution is 0.0651. The Hall–Kier alpha value is -2.63. The van der Waals surface area contributed by atoms with E-state index in [0.717, 1.165) is 38.9 Å². The summed E-state index contributed by atoms with van der Waals surface area (Å²) in [5.41, 5.74) is 3.80. The van der Waals surface area contributed by atoms with E-state index in [1.165, 1.54) is 34.2 Å².